The highest BCUT2D eigenvalue weighted by Crippen LogP contribution is 2.23. The molecular formula is C15H13Br2NO. The van der Waals surface area contributed by atoms with E-state index in [1.54, 1.807) is 6.07 Å². The lowest BCUT2D eigenvalue weighted by Crippen LogP contribution is -2.26. The van der Waals surface area contributed by atoms with Crippen LogP contribution in [0.5, 0.6) is 0 Å². The SMILES string of the molecule is CC(NC(=O)c1cccc(Br)c1)c1ccccc1Br. The predicted octanol–water partition coefficient (Wildman–Crippen LogP) is 4.70. The van der Waals surface area contributed by atoms with Crippen molar-refractivity contribution in [2.24, 2.45) is 0 Å². The Kier molecular flexibility index (Phi) is 4.77. The van der Waals surface area contributed by atoms with Crippen molar-refractivity contribution in [3.63, 3.8) is 0 Å². The summed E-state index contributed by atoms with van der Waals surface area (Å²) >= 11 is 6.86. The van der Waals surface area contributed by atoms with Gasteiger partial charge >= 0.3 is 0 Å². The molecule has 1 unspecified atom stereocenters. The maximum Gasteiger partial charge on any atom is 0.251 e. The van der Waals surface area contributed by atoms with E-state index in [1.165, 1.54) is 0 Å². The standard InChI is InChI=1S/C15H13Br2NO/c1-10(13-7-2-3-8-14(13)17)18-15(19)11-5-4-6-12(16)9-11/h2-10H,1H3,(H,18,19). The van der Waals surface area contributed by atoms with Crippen LogP contribution in [-0.2, 0) is 0 Å². The van der Waals surface area contributed by atoms with Crippen LogP contribution in [-0.4, -0.2) is 5.91 Å². The maximum atomic E-state index is 12.1. The second kappa shape index (κ2) is 6.35. The number of carbonyl (C=O) groups is 1. The summed E-state index contributed by atoms with van der Waals surface area (Å²) in [6, 6.07) is 15.2. The molecule has 4 heteroatoms. The number of carbonyl (C=O) groups excluding carboxylic acids is 1. The third-order valence-electron chi connectivity index (χ3n) is 2.81. The summed E-state index contributed by atoms with van der Waals surface area (Å²) in [4.78, 5) is 12.1. The molecule has 2 rings (SSSR count). The molecule has 2 aromatic carbocycles. The summed E-state index contributed by atoms with van der Waals surface area (Å²) in [5.41, 5.74) is 1.71. The molecule has 1 N–H and O–H groups in total. The van der Waals surface area contributed by atoms with Crippen LogP contribution in [0.4, 0.5) is 0 Å². The molecule has 0 aliphatic carbocycles. The summed E-state index contributed by atoms with van der Waals surface area (Å²) in [5, 5.41) is 2.99. The van der Waals surface area contributed by atoms with Crippen molar-refractivity contribution < 1.29 is 4.79 Å². The van der Waals surface area contributed by atoms with E-state index in [0.29, 0.717) is 5.56 Å². The zero-order valence-corrected chi connectivity index (χ0v) is 13.5. The van der Waals surface area contributed by atoms with E-state index in [-0.39, 0.29) is 11.9 Å². The molecule has 0 saturated carbocycles. The molecule has 19 heavy (non-hydrogen) atoms. The Balaban J connectivity index is 2.13. The minimum Gasteiger partial charge on any atom is -0.345 e. The van der Waals surface area contributed by atoms with Gasteiger partial charge < -0.3 is 5.32 Å². The van der Waals surface area contributed by atoms with E-state index >= 15 is 0 Å². The van der Waals surface area contributed by atoms with Crippen LogP contribution in [0.25, 0.3) is 0 Å². The van der Waals surface area contributed by atoms with Crippen LogP contribution < -0.4 is 5.32 Å². The van der Waals surface area contributed by atoms with Crippen LogP contribution in [0.2, 0.25) is 0 Å². The van der Waals surface area contributed by atoms with Crippen molar-refractivity contribution in [2.75, 3.05) is 0 Å². The quantitative estimate of drug-likeness (QED) is 0.818. The normalized spacial score (nSPS) is 11.9. The number of hydrogen-bond acceptors (Lipinski definition) is 1. The van der Waals surface area contributed by atoms with Gasteiger partial charge in [-0.3, -0.25) is 4.79 Å². The van der Waals surface area contributed by atoms with E-state index < -0.39 is 0 Å². The van der Waals surface area contributed by atoms with Gasteiger partial charge in [-0.05, 0) is 36.8 Å². The number of halogens is 2. The molecule has 0 aliphatic rings. The number of rotatable bonds is 3. The number of nitrogens with one attached hydrogen (secondary N) is 1. The second-order valence-electron chi connectivity index (χ2n) is 4.23. The van der Waals surface area contributed by atoms with Crippen molar-refractivity contribution in [2.45, 2.75) is 13.0 Å². The summed E-state index contributed by atoms with van der Waals surface area (Å²) < 4.78 is 1.89. The van der Waals surface area contributed by atoms with Gasteiger partial charge in [-0.15, -0.1) is 0 Å². The third kappa shape index (κ3) is 3.67. The van der Waals surface area contributed by atoms with Gasteiger partial charge in [0, 0.05) is 14.5 Å². The Morgan fingerprint density at radius 1 is 1.11 bits per heavy atom. The minimum absolute atomic E-state index is 0.0537. The number of hydrogen-bond donors (Lipinski definition) is 1. The lowest BCUT2D eigenvalue weighted by Gasteiger charge is -2.16. The molecule has 2 nitrogen and oxygen atoms in total. The van der Waals surface area contributed by atoms with Gasteiger partial charge in [-0.25, -0.2) is 0 Å². The Bertz CT molecular complexity index is 598. The van der Waals surface area contributed by atoms with Crippen LogP contribution in [0.3, 0.4) is 0 Å². The van der Waals surface area contributed by atoms with Crippen LogP contribution in [0, 0.1) is 0 Å². The zero-order valence-electron chi connectivity index (χ0n) is 10.4. The zero-order chi connectivity index (χ0) is 13.8. The van der Waals surface area contributed by atoms with E-state index in [9.17, 15) is 4.79 Å². The van der Waals surface area contributed by atoms with Crippen molar-refractivity contribution >= 4 is 37.8 Å². The first kappa shape index (κ1) is 14.3. The Labute approximate surface area is 129 Å². The highest BCUT2D eigenvalue weighted by Gasteiger charge is 2.13. The predicted molar refractivity (Wildman–Crippen MR) is 84.2 cm³/mol. The van der Waals surface area contributed by atoms with Crippen molar-refractivity contribution in [3.05, 3.63) is 68.6 Å². The highest BCUT2D eigenvalue weighted by atomic mass is 79.9. The van der Waals surface area contributed by atoms with Gasteiger partial charge in [-0.1, -0.05) is 56.1 Å². The molecule has 1 atom stereocenters. The molecule has 0 saturated heterocycles. The topological polar surface area (TPSA) is 29.1 Å². The van der Waals surface area contributed by atoms with Crippen molar-refractivity contribution in [1.82, 2.24) is 5.32 Å². The fourth-order valence-corrected chi connectivity index (χ4v) is 2.84. The highest BCUT2D eigenvalue weighted by molar-refractivity contribution is 9.10. The van der Waals surface area contributed by atoms with Crippen molar-refractivity contribution in [1.29, 1.82) is 0 Å². The van der Waals surface area contributed by atoms with E-state index in [4.69, 9.17) is 0 Å². The number of amides is 1. The number of benzene rings is 2. The Morgan fingerprint density at radius 2 is 1.84 bits per heavy atom. The smallest absolute Gasteiger partial charge is 0.251 e. The first-order valence-electron chi connectivity index (χ1n) is 5.89. The molecule has 0 radical (unpaired) electrons. The van der Waals surface area contributed by atoms with Crippen LogP contribution >= 0.6 is 31.9 Å². The molecular weight excluding hydrogens is 370 g/mol. The van der Waals surface area contributed by atoms with Gasteiger partial charge in [-0.2, -0.15) is 0 Å². The van der Waals surface area contributed by atoms with Crippen molar-refractivity contribution in [3.8, 4) is 0 Å². The lowest BCUT2D eigenvalue weighted by molar-refractivity contribution is 0.0939. The van der Waals surface area contributed by atoms with E-state index in [1.807, 2.05) is 49.4 Å². The average Bonchev–Trinajstić information content (AvgIpc) is 2.39. The summed E-state index contributed by atoms with van der Waals surface area (Å²) in [5.74, 6) is -0.0791. The minimum atomic E-state index is -0.0791. The van der Waals surface area contributed by atoms with Gasteiger partial charge in [0.05, 0.1) is 6.04 Å². The molecule has 0 spiro atoms. The maximum absolute atomic E-state index is 12.1. The van der Waals surface area contributed by atoms with Gasteiger partial charge in [0.25, 0.3) is 5.91 Å². The molecule has 0 aromatic heterocycles. The molecule has 0 heterocycles. The monoisotopic (exact) mass is 381 g/mol. The molecule has 98 valence electrons. The molecule has 0 fully saturated rings. The fraction of sp³-hybridized carbons (Fsp3) is 0.133. The summed E-state index contributed by atoms with van der Waals surface area (Å²) in [7, 11) is 0. The van der Waals surface area contributed by atoms with E-state index in [0.717, 1.165) is 14.5 Å². The summed E-state index contributed by atoms with van der Waals surface area (Å²) in [6.07, 6.45) is 0. The Hall–Kier alpha value is -1.13. The largest absolute Gasteiger partial charge is 0.345 e. The third-order valence-corrected chi connectivity index (χ3v) is 4.02. The molecule has 0 bridgehead atoms. The first-order chi connectivity index (χ1) is 9.08. The fourth-order valence-electron chi connectivity index (χ4n) is 1.81. The van der Waals surface area contributed by atoms with Gasteiger partial charge in [0.2, 0.25) is 0 Å². The molecule has 2 aromatic rings. The second-order valence-corrected chi connectivity index (χ2v) is 6.00. The molecule has 0 aliphatic heterocycles. The van der Waals surface area contributed by atoms with E-state index in [2.05, 4.69) is 37.2 Å². The Morgan fingerprint density at radius 3 is 2.53 bits per heavy atom. The van der Waals surface area contributed by atoms with Gasteiger partial charge in [0.1, 0.15) is 0 Å². The van der Waals surface area contributed by atoms with Crippen LogP contribution in [0.15, 0.2) is 57.5 Å². The molecule has 1 amide bonds. The van der Waals surface area contributed by atoms with Gasteiger partial charge in [0.15, 0.2) is 0 Å². The first-order valence-corrected chi connectivity index (χ1v) is 7.47. The summed E-state index contributed by atoms with van der Waals surface area (Å²) in [6.45, 7) is 1.97. The average molecular weight is 383 g/mol. The lowest BCUT2D eigenvalue weighted by atomic mass is 10.1. The van der Waals surface area contributed by atoms with Crippen LogP contribution in [0.1, 0.15) is 28.9 Å².